The van der Waals surface area contributed by atoms with Crippen molar-refractivity contribution in [2.75, 3.05) is 13.2 Å². The minimum atomic E-state index is -0.902. The Balaban J connectivity index is 2.42. The van der Waals surface area contributed by atoms with Crippen molar-refractivity contribution in [2.45, 2.75) is 25.4 Å². The third-order valence-electron chi connectivity index (χ3n) is 3.13. The molecule has 1 aliphatic heterocycles. The first kappa shape index (κ1) is 11.3. The topological polar surface area (TPSA) is 46.5 Å². The highest BCUT2D eigenvalue weighted by atomic mass is 16.5. The van der Waals surface area contributed by atoms with Gasteiger partial charge < -0.3 is 9.84 Å². The summed E-state index contributed by atoms with van der Waals surface area (Å²) in [5.74, 6) is -0.00415. The molecular formula is C13H16O3. The summed E-state index contributed by atoms with van der Waals surface area (Å²) < 4.78 is 5.24. The van der Waals surface area contributed by atoms with E-state index >= 15 is 0 Å². The smallest absolute Gasteiger partial charge is 0.160 e. The summed E-state index contributed by atoms with van der Waals surface area (Å²) in [4.78, 5) is 11.5. The third-order valence-corrected chi connectivity index (χ3v) is 3.13. The maximum Gasteiger partial charge on any atom is 0.160 e. The average molecular weight is 220 g/mol. The summed E-state index contributed by atoms with van der Waals surface area (Å²) in [6, 6.07) is 7.28. The second kappa shape index (κ2) is 4.36. The van der Waals surface area contributed by atoms with E-state index in [1.807, 2.05) is 18.2 Å². The summed E-state index contributed by atoms with van der Waals surface area (Å²) in [5.41, 5.74) is 0.457. The molecule has 1 fully saturated rings. The fourth-order valence-corrected chi connectivity index (χ4v) is 2.17. The van der Waals surface area contributed by atoms with Gasteiger partial charge >= 0.3 is 0 Å². The molecule has 0 unspecified atom stereocenters. The van der Waals surface area contributed by atoms with Gasteiger partial charge in [0.25, 0.3) is 0 Å². The molecule has 2 rings (SSSR count). The second-order valence-electron chi connectivity index (χ2n) is 4.25. The first-order valence-electron chi connectivity index (χ1n) is 5.54. The number of Topliss-reactive ketones (excluding diaryl/α,β-unsaturated/α-hetero) is 1. The molecule has 3 heteroatoms. The number of hydrogen-bond acceptors (Lipinski definition) is 3. The van der Waals surface area contributed by atoms with Crippen molar-refractivity contribution in [1.29, 1.82) is 0 Å². The molecule has 0 aliphatic carbocycles. The molecule has 1 aromatic carbocycles. The zero-order chi connectivity index (χ0) is 11.6. The van der Waals surface area contributed by atoms with Gasteiger partial charge in [0.1, 0.15) is 0 Å². The summed E-state index contributed by atoms with van der Waals surface area (Å²) >= 11 is 0. The van der Waals surface area contributed by atoms with Crippen LogP contribution in [0.1, 0.15) is 35.7 Å². The van der Waals surface area contributed by atoms with Gasteiger partial charge in [0, 0.05) is 31.6 Å². The molecule has 1 heterocycles. The molecule has 86 valence electrons. The monoisotopic (exact) mass is 220 g/mol. The van der Waals surface area contributed by atoms with Crippen LogP contribution in [0.4, 0.5) is 0 Å². The number of carbonyl (C=O) groups excluding carboxylic acids is 1. The van der Waals surface area contributed by atoms with Crippen LogP contribution in [0.15, 0.2) is 24.3 Å². The van der Waals surface area contributed by atoms with Crippen LogP contribution < -0.4 is 0 Å². The average Bonchev–Trinajstić information content (AvgIpc) is 2.30. The summed E-state index contributed by atoms with van der Waals surface area (Å²) in [6.45, 7) is 2.62. The number of ether oxygens (including phenoxy) is 1. The van der Waals surface area contributed by atoms with Crippen molar-refractivity contribution < 1.29 is 14.6 Å². The summed E-state index contributed by atoms with van der Waals surface area (Å²) in [5, 5.41) is 10.5. The van der Waals surface area contributed by atoms with Crippen molar-refractivity contribution >= 4 is 5.78 Å². The number of hydrogen-bond donors (Lipinski definition) is 1. The van der Waals surface area contributed by atoms with E-state index in [0.29, 0.717) is 31.6 Å². The number of ketones is 1. The fourth-order valence-electron chi connectivity index (χ4n) is 2.17. The molecule has 0 amide bonds. The second-order valence-corrected chi connectivity index (χ2v) is 4.25. The lowest BCUT2D eigenvalue weighted by molar-refractivity contribution is -0.0682. The molecule has 1 N–H and O–H groups in total. The van der Waals surface area contributed by atoms with Crippen molar-refractivity contribution in [3.63, 3.8) is 0 Å². The van der Waals surface area contributed by atoms with E-state index in [1.54, 1.807) is 6.07 Å². The molecular weight excluding hydrogens is 204 g/mol. The first-order valence-corrected chi connectivity index (χ1v) is 5.54. The summed E-state index contributed by atoms with van der Waals surface area (Å²) in [6.07, 6.45) is 1.11. The van der Waals surface area contributed by atoms with Gasteiger partial charge in [-0.1, -0.05) is 24.3 Å². The molecule has 0 bridgehead atoms. The number of aliphatic hydroxyl groups is 1. The quantitative estimate of drug-likeness (QED) is 0.774. The first-order chi connectivity index (χ1) is 7.63. The Morgan fingerprint density at radius 1 is 1.31 bits per heavy atom. The number of carbonyl (C=O) groups is 1. The van der Waals surface area contributed by atoms with Gasteiger partial charge in [0.05, 0.1) is 5.60 Å². The van der Waals surface area contributed by atoms with Crippen LogP contribution >= 0.6 is 0 Å². The Kier molecular flexibility index (Phi) is 3.08. The standard InChI is InChI=1S/C13H16O3/c1-10(14)11-4-2-3-5-12(11)13(15)6-8-16-9-7-13/h2-5,15H,6-9H2,1H3. The Morgan fingerprint density at radius 3 is 2.56 bits per heavy atom. The molecule has 1 saturated heterocycles. The zero-order valence-corrected chi connectivity index (χ0v) is 9.40. The van der Waals surface area contributed by atoms with E-state index in [-0.39, 0.29) is 5.78 Å². The van der Waals surface area contributed by atoms with Crippen LogP contribution in [0.5, 0.6) is 0 Å². The molecule has 0 aromatic heterocycles. The Morgan fingerprint density at radius 2 is 1.94 bits per heavy atom. The Hall–Kier alpha value is -1.19. The van der Waals surface area contributed by atoms with Crippen molar-refractivity contribution in [2.24, 2.45) is 0 Å². The van der Waals surface area contributed by atoms with Gasteiger partial charge in [-0.25, -0.2) is 0 Å². The number of benzene rings is 1. The molecule has 0 atom stereocenters. The molecule has 0 saturated carbocycles. The summed E-state index contributed by atoms with van der Waals surface area (Å²) in [7, 11) is 0. The van der Waals surface area contributed by atoms with Crippen LogP contribution in [0, 0.1) is 0 Å². The molecule has 1 aliphatic rings. The zero-order valence-electron chi connectivity index (χ0n) is 9.40. The third kappa shape index (κ3) is 2.01. The predicted octanol–water partition coefficient (Wildman–Crippen LogP) is 1.89. The Labute approximate surface area is 95.0 Å². The maximum atomic E-state index is 11.5. The lowest BCUT2D eigenvalue weighted by Crippen LogP contribution is -2.34. The van der Waals surface area contributed by atoms with E-state index in [4.69, 9.17) is 4.74 Å². The van der Waals surface area contributed by atoms with Gasteiger partial charge in [0.2, 0.25) is 0 Å². The van der Waals surface area contributed by atoms with Crippen LogP contribution in [0.3, 0.4) is 0 Å². The van der Waals surface area contributed by atoms with E-state index < -0.39 is 5.60 Å². The van der Waals surface area contributed by atoms with E-state index in [0.717, 1.165) is 5.56 Å². The van der Waals surface area contributed by atoms with Gasteiger partial charge in [-0.3, -0.25) is 4.79 Å². The fraction of sp³-hybridized carbons (Fsp3) is 0.462. The lowest BCUT2D eigenvalue weighted by Gasteiger charge is -2.33. The SMILES string of the molecule is CC(=O)c1ccccc1C1(O)CCOCC1. The van der Waals surface area contributed by atoms with Crippen molar-refractivity contribution in [3.05, 3.63) is 35.4 Å². The minimum Gasteiger partial charge on any atom is -0.385 e. The van der Waals surface area contributed by atoms with E-state index in [1.165, 1.54) is 6.92 Å². The van der Waals surface area contributed by atoms with E-state index in [2.05, 4.69) is 0 Å². The van der Waals surface area contributed by atoms with Gasteiger partial charge in [-0.2, -0.15) is 0 Å². The molecule has 0 spiro atoms. The Bertz CT molecular complexity index is 392. The highest BCUT2D eigenvalue weighted by Gasteiger charge is 2.34. The maximum absolute atomic E-state index is 11.5. The van der Waals surface area contributed by atoms with Gasteiger partial charge in [0.15, 0.2) is 5.78 Å². The van der Waals surface area contributed by atoms with Crippen molar-refractivity contribution in [1.82, 2.24) is 0 Å². The number of rotatable bonds is 2. The van der Waals surface area contributed by atoms with Crippen LogP contribution in [0.25, 0.3) is 0 Å². The normalized spacial score (nSPS) is 19.4. The minimum absolute atomic E-state index is 0.00415. The lowest BCUT2D eigenvalue weighted by atomic mass is 9.83. The van der Waals surface area contributed by atoms with Gasteiger partial charge in [-0.15, -0.1) is 0 Å². The van der Waals surface area contributed by atoms with Gasteiger partial charge in [-0.05, 0) is 12.5 Å². The van der Waals surface area contributed by atoms with Crippen molar-refractivity contribution in [3.8, 4) is 0 Å². The molecule has 16 heavy (non-hydrogen) atoms. The predicted molar refractivity (Wildman–Crippen MR) is 60.4 cm³/mol. The molecule has 0 radical (unpaired) electrons. The highest BCUT2D eigenvalue weighted by Crippen LogP contribution is 2.34. The molecule has 3 nitrogen and oxygen atoms in total. The van der Waals surface area contributed by atoms with Crippen LogP contribution in [-0.4, -0.2) is 24.1 Å². The van der Waals surface area contributed by atoms with Crippen LogP contribution in [0.2, 0.25) is 0 Å². The van der Waals surface area contributed by atoms with Crippen LogP contribution in [-0.2, 0) is 10.3 Å². The highest BCUT2D eigenvalue weighted by molar-refractivity contribution is 5.95. The molecule has 1 aromatic rings. The largest absolute Gasteiger partial charge is 0.385 e. The van der Waals surface area contributed by atoms with E-state index in [9.17, 15) is 9.90 Å².